The van der Waals surface area contributed by atoms with Crippen LogP contribution in [0.2, 0.25) is 0 Å². The average Bonchev–Trinajstić information content (AvgIpc) is 2.91. The topological polar surface area (TPSA) is 92.5 Å². The molecule has 6 heteroatoms. The molecule has 0 heterocycles. The number of carbonyl (C=O) groups is 1. The fourth-order valence-corrected chi connectivity index (χ4v) is 2.95. The highest BCUT2D eigenvalue weighted by Gasteiger charge is 2.27. The summed E-state index contributed by atoms with van der Waals surface area (Å²) in [5.41, 5.74) is 0.915. The number of nitro benzene ring substituents is 1. The molecule has 0 radical (unpaired) electrons. The van der Waals surface area contributed by atoms with Gasteiger partial charge in [0.1, 0.15) is 0 Å². The standard InChI is InChI=1S/C15H20N2O4/c1-10-5-13(7-14(6-10)17(20)21)15(19)16-8-11-3-2-4-12(11)9-18/h5-7,11-12,18H,2-4,8-9H2,1H3,(H,16,19). The Morgan fingerprint density at radius 3 is 2.76 bits per heavy atom. The second kappa shape index (κ2) is 6.67. The lowest BCUT2D eigenvalue weighted by Gasteiger charge is -2.17. The van der Waals surface area contributed by atoms with E-state index in [2.05, 4.69) is 5.32 Å². The Balaban J connectivity index is 2.02. The third-order valence-corrected chi connectivity index (χ3v) is 4.11. The number of hydrogen-bond acceptors (Lipinski definition) is 4. The molecule has 1 fully saturated rings. The molecule has 114 valence electrons. The van der Waals surface area contributed by atoms with Crippen molar-refractivity contribution in [3.63, 3.8) is 0 Å². The number of nitrogens with one attached hydrogen (secondary N) is 1. The van der Waals surface area contributed by atoms with Gasteiger partial charge in [-0.3, -0.25) is 14.9 Å². The van der Waals surface area contributed by atoms with Crippen LogP contribution in [0, 0.1) is 28.9 Å². The highest BCUT2D eigenvalue weighted by atomic mass is 16.6. The van der Waals surface area contributed by atoms with E-state index in [0.717, 1.165) is 19.3 Å². The number of benzene rings is 1. The number of carbonyl (C=O) groups excluding carboxylic acids is 1. The number of nitro groups is 1. The minimum Gasteiger partial charge on any atom is -0.396 e. The molecule has 0 aromatic heterocycles. The zero-order valence-electron chi connectivity index (χ0n) is 12.0. The molecule has 1 aromatic carbocycles. The van der Waals surface area contributed by atoms with Crippen LogP contribution in [0.1, 0.15) is 35.2 Å². The molecule has 1 aliphatic rings. The summed E-state index contributed by atoms with van der Waals surface area (Å²) in [5, 5.41) is 22.9. The molecule has 2 atom stereocenters. The lowest BCUT2D eigenvalue weighted by Crippen LogP contribution is -2.31. The Morgan fingerprint density at radius 1 is 1.38 bits per heavy atom. The van der Waals surface area contributed by atoms with Crippen LogP contribution in [0.25, 0.3) is 0 Å². The molecule has 1 aromatic rings. The van der Waals surface area contributed by atoms with Crippen LogP contribution in [0.3, 0.4) is 0 Å². The molecule has 1 aliphatic carbocycles. The quantitative estimate of drug-likeness (QED) is 0.641. The van der Waals surface area contributed by atoms with E-state index in [1.165, 1.54) is 12.1 Å². The molecule has 0 spiro atoms. The van der Waals surface area contributed by atoms with Gasteiger partial charge < -0.3 is 10.4 Å². The average molecular weight is 292 g/mol. The van der Waals surface area contributed by atoms with E-state index >= 15 is 0 Å². The van der Waals surface area contributed by atoms with Crippen molar-refractivity contribution in [3.8, 4) is 0 Å². The number of aliphatic hydroxyl groups excluding tert-OH is 1. The maximum absolute atomic E-state index is 12.1. The van der Waals surface area contributed by atoms with Crippen LogP contribution in [0.4, 0.5) is 5.69 Å². The Hall–Kier alpha value is -1.95. The Bertz CT molecular complexity index is 544. The van der Waals surface area contributed by atoms with Crippen molar-refractivity contribution in [1.29, 1.82) is 0 Å². The first-order chi connectivity index (χ1) is 10.0. The lowest BCUT2D eigenvalue weighted by atomic mass is 9.97. The maximum atomic E-state index is 12.1. The van der Waals surface area contributed by atoms with Gasteiger partial charge in [0.15, 0.2) is 0 Å². The van der Waals surface area contributed by atoms with Crippen molar-refractivity contribution >= 4 is 11.6 Å². The maximum Gasteiger partial charge on any atom is 0.270 e. The van der Waals surface area contributed by atoms with Gasteiger partial charge in [0.25, 0.3) is 11.6 Å². The van der Waals surface area contributed by atoms with Gasteiger partial charge in [0.05, 0.1) is 4.92 Å². The second-order valence-corrected chi connectivity index (χ2v) is 5.66. The Labute approximate surface area is 123 Å². The number of aryl methyl sites for hydroxylation is 1. The van der Waals surface area contributed by atoms with Crippen LogP contribution in [0.5, 0.6) is 0 Å². The first kappa shape index (κ1) is 15.4. The molecular weight excluding hydrogens is 272 g/mol. The van der Waals surface area contributed by atoms with Crippen LogP contribution < -0.4 is 5.32 Å². The highest BCUT2D eigenvalue weighted by Crippen LogP contribution is 2.30. The van der Waals surface area contributed by atoms with E-state index in [4.69, 9.17) is 0 Å². The minimum absolute atomic E-state index is 0.0748. The summed E-state index contributed by atoms with van der Waals surface area (Å²) in [4.78, 5) is 22.5. The predicted molar refractivity (Wildman–Crippen MR) is 78.1 cm³/mol. The summed E-state index contributed by atoms with van der Waals surface area (Å²) < 4.78 is 0. The molecule has 6 nitrogen and oxygen atoms in total. The fraction of sp³-hybridized carbons (Fsp3) is 0.533. The number of rotatable bonds is 5. The van der Waals surface area contributed by atoms with Crippen molar-refractivity contribution in [2.75, 3.05) is 13.2 Å². The Morgan fingerprint density at radius 2 is 2.10 bits per heavy atom. The summed E-state index contributed by atoms with van der Waals surface area (Å²) in [7, 11) is 0. The lowest BCUT2D eigenvalue weighted by molar-refractivity contribution is -0.384. The van der Waals surface area contributed by atoms with E-state index < -0.39 is 4.92 Å². The normalized spacial score (nSPS) is 21.2. The van der Waals surface area contributed by atoms with Gasteiger partial charge in [-0.2, -0.15) is 0 Å². The van der Waals surface area contributed by atoms with Gasteiger partial charge >= 0.3 is 0 Å². The van der Waals surface area contributed by atoms with Crippen molar-refractivity contribution < 1.29 is 14.8 Å². The van der Waals surface area contributed by atoms with Gasteiger partial charge in [-0.25, -0.2) is 0 Å². The van der Waals surface area contributed by atoms with E-state index in [-0.39, 0.29) is 24.1 Å². The number of aliphatic hydroxyl groups is 1. The first-order valence-corrected chi connectivity index (χ1v) is 7.16. The van der Waals surface area contributed by atoms with Gasteiger partial charge in [0, 0.05) is 30.8 Å². The largest absolute Gasteiger partial charge is 0.396 e. The zero-order valence-corrected chi connectivity index (χ0v) is 12.0. The fourth-order valence-electron chi connectivity index (χ4n) is 2.95. The molecule has 1 saturated carbocycles. The summed E-state index contributed by atoms with van der Waals surface area (Å²) in [6.45, 7) is 2.38. The van der Waals surface area contributed by atoms with E-state index in [9.17, 15) is 20.0 Å². The van der Waals surface area contributed by atoms with Crippen molar-refractivity contribution in [2.45, 2.75) is 26.2 Å². The molecule has 2 unspecified atom stereocenters. The number of hydrogen-bond donors (Lipinski definition) is 2. The number of non-ortho nitro benzene ring substituents is 1. The van der Waals surface area contributed by atoms with Crippen LogP contribution in [-0.4, -0.2) is 29.1 Å². The van der Waals surface area contributed by atoms with Gasteiger partial charge in [0.2, 0.25) is 0 Å². The molecule has 0 saturated heterocycles. The third kappa shape index (κ3) is 3.78. The number of amides is 1. The van der Waals surface area contributed by atoms with Crippen LogP contribution in [-0.2, 0) is 0 Å². The van der Waals surface area contributed by atoms with Gasteiger partial charge in [-0.1, -0.05) is 6.42 Å². The first-order valence-electron chi connectivity index (χ1n) is 7.16. The Kier molecular flexibility index (Phi) is 4.90. The van der Waals surface area contributed by atoms with E-state index in [1.807, 2.05) is 0 Å². The van der Waals surface area contributed by atoms with Crippen molar-refractivity contribution in [3.05, 3.63) is 39.4 Å². The smallest absolute Gasteiger partial charge is 0.270 e. The van der Waals surface area contributed by atoms with Crippen LogP contribution in [0.15, 0.2) is 18.2 Å². The van der Waals surface area contributed by atoms with Gasteiger partial charge in [-0.05, 0) is 43.2 Å². The van der Waals surface area contributed by atoms with Crippen molar-refractivity contribution in [1.82, 2.24) is 5.32 Å². The second-order valence-electron chi connectivity index (χ2n) is 5.66. The summed E-state index contributed by atoms with van der Waals surface area (Å²) >= 11 is 0. The molecular formula is C15H20N2O4. The van der Waals surface area contributed by atoms with E-state index in [1.54, 1.807) is 13.0 Å². The van der Waals surface area contributed by atoms with E-state index in [0.29, 0.717) is 23.6 Å². The highest BCUT2D eigenvalue weighted by molar-refractivity contribution is 5.95. The SMILES string of the molecule is Cc1cc(C(=O)NCC2CCCC2CO)cc([N+](=O)[O-])c1. The van der Waals surface area contributed by atoms with Crippen molar-refractivity contribution in [2.24, 2.45) is 11.8 Å². The molecule has 2 N–H and O–H groups in total. The third-order valence-electron chi connectivity index (χ3n) is 4.11. The van der Waals surface area contributed by atoms with Gasteiger partial charge in [-0.15, -0.1) is 0 Å². The summed E-state index contributed by atoms with van der Waals surface area (Å²) in [5.74, 6) is 0.237. The molecule has 21 heavy (non-hydrogen) atoms. The number of nitrogens with zero attached hydrogens (tertiary/aromatic N) is 1. The minimum atomic E-state index is -0.497. The zero-order chi connectivity index (χ0) is 15.4. The summed E-state index contributed by atoms with van der Waals surface area (Å²) in [6, 6.07) is 4.37. The summed E-state index contributed by atoms with van der Waals surface area (Å²) in [6.07, 6.45) is 3.06. The van der Waals surface area contributed by atoms with Crippen LogP contribution >= 0.6 is 0 Å². The predicted octanol–water partition coefficient (Wildman–Crippen LogP) is 2.04. The molecule has 2 rings (SSSR count). The monoisotopic (exact) mass is 292 g/mol. The molecule has 1 amide bonds. The molecule has 0 aliphatic heterocycles. The molecule has 0 bridgehead atoms.